The highest BCUT2D eigenvalue weighted by molar-refractivity contribution is 7.16. The summed E-state index contributed by atoms with van der Waals surface area (Å²) in [5.74, 6) is 0.341. The number of rotatable bonds is 2. The van der Waals surface area contributed by atoms with Gasteiger partial charge in [-0.05, 0) is 50.7 Å². The zero-order valence-corrected chi connectivity index (χ0v) is 15.7. The first-order valence-corrected chi connectivity index (χ1v) is 9.39. The normalized spacial score (nSPS) is 16.3. The number of amides is 1. The van der Waals surface area contributed by atoms with Gasteiger partial charge in [0.2, 0.25) is 0 Å². The highest BCUT2D eigenvalue weighted by Gasteiger charge is 2.26. The average molecular weight is 366 g/mol. The Bertz CT molecular complexity index is 1070. The number of anilines is 1. The highest BCUT2D eigenvalue weighted by atomic mass is 32.1. The molecule has 1 aliphatic rings. The summed E-state index contributed by atoms with van der Waals surface area (Å²) in [7, 11) is 0. The lowest BCUT2D eigenvalue weighted by atomic mass is 9.88. The Hall–Kier alpha value is -2.72. The van der Waals surface area contributed by atoms with Crippen molar-refractivity contribution in [1.82, 2.24) is 10.1 Å². The fourth-order valence-corrected chi connectivity index (χ4v) is 4.88. The zero-order valence-electron chi connectivity index (χ0n) is 14.8. The summed E-state index contributed by atoms with van der Waals surface area (Å²) >= 11 is 1.52. The van der Waals surface area contributed by atoms with Gasteiger partial charge in [0.25, 0.3) is 11.6 Å². The van der Waals surface area contributed by atoms with Crippen LogP contribution in [0.1, 0.15) is 51.1 Å². The van der Waals surface area contributed by atoms with Crippen LogP contribution in [0.15, 0.2) is 10.6 Å². The van der Waals surface area contributed by atoms with Gasteiger partial charge in [0.05, 0.1) is 22.2 Å². The molecule has 0 saturated heterocycles. The van der Waals surface area contributed by atoms with Gasteiger partial charge in [0.1, 0.15) is 11.1 Å². The number of nitrogens with zero attached hydrogens (tertiary/aromatic N) is 3. The molecule has 0 spiro atoms. The first kappa shape index (κ1) is 16.7. The molecule has 0 bridgehead atoms. The summed E-state index contributed by atoms with van der Waals surface area (Å²) in [6.45, 7) is 5.81. The Labute approximate surface area is 154 Å². The molecular weight excluding hydrogens is 348 g/mol. The van der Waals surface area contributed by atoms with Crippen molar-refractivity contribution >= 4 is 33.3 Å². The lowest BCUT2D eigenvalue weighted by Crippen LogP contribution is -2.13. The number of carbonyl (C=O) groups is 1. The van der Waals surface area contributed by atoms with Crippen LogP contribution in [0.5, 0.6) is 0 Å². The van der Waals surface area contributed by atoms with Gasteiger partial charge in [-0.25, -0.2) is 4.98 Å². The van der Waals surface area contributed by atoms with Gasteiger partial charge in [-0.15, -0.1) is 11.3 Å². The Morgan fingerprint density at radius 1 is 1.46 bits per heavy atom. The number of nitriles is 1. The number of carbonyl (C=O) groups excluding carboxylic acids is 1. The molecule has 26 heavy (non-hydrogen) atoms. The SMILES string of the molecule is Cc1cc(C(=O)Nc2sc3c(c2C#N)CC[C@@H](C)C3)c2c(C)noc2n1. The van der Waals surface area contributed by atoms with E-state index in [0.29, 0.717) is 44.5 Å². The van der Waals surface area contributed by atoms with Crippen molar-refractivity contribution in [2.24, 2.45) is 5.92 Å². The minimum atomic E-state index is -0.269. The van der Waals surface area contributed by atoms with Crippen LogP contribution in [0, 0.1) is 31.1 Å². The molecule has 3 aromatic rings. The fraction of sp³-hybridized carbons (Fsp3) is 0.368. The molecule has 7 heteroatoms. The summed E-state index contributed by atoms with van der Waals surface area (Å²) in [5.41, 5.74) is 3.83. The molecule has 1 amide bonds. The highest BCUT2D eigenvalue weighted by Crippen LogP contribution is 2.39. The first-order valence-electron chi connectivity index (χ1n) is 8.57. The van der Waals surface area contributed by atoms with Crippen molar-refractivity contribution in [2.45, 2.75) is 40.0 Å². The monoisotopic (exact) mass is 366 g/mol. The Morgan fingerprint density at radius 2 is 2.27 bits per heavy atom. The number of pyridine rings is 1. The molecule has 4 rings (SSSR count). The average Bonchev–Trinajstić information content (AvgIpc) is 3.13. The number of hydrogen-bond acceptors (Lipinski definition) is 6. The Morgan fingerprint density at radius 3 is 3.04 bits per heavy atom. The van der Waals surface area contributed by atoms with Crippen LogP contribution < -0.4 is 5.32 Å². The van der Waals surface area contributed by atoms with Gasteiger partial charge in [0.15, 0.2) is 0 Å². The predicted octanol–water partition coefficient (Wildman–Crippen LogP) is 4.15. The maximum absolute atomic E-state index is 13.0. The van der Waals surface area contributed by atoms with E-state index in [4.69, 9.17) is 4.52 Å². The molecular formula is C19H18N4O2S. The number of aromatic nitrogens is 2. The van der Waals surface area contributed by atoms with E-state index < -0.39 is 0 Å². The van der Waals surface area contributed by atoms with Crippen LogP contribution in [0.2, 0.25) is 0 Å². The quantitative estimate of drug-likeness (QED) is 0.735. The van der Waals surface area contributed by atoms with E-state index in [1.807, 2.05) is 0 Å². The molecule has 1 aliphatic carbocycles. The van der Waals surface area contributed by atoms with Crippen molar-refractivity contribution in [1.29, 1.82) is 5.26 Å². The third-order valence-corrected chi connectivity index (χ3v) is 6.01. The van der Waals surface area contributed by atoms with E-state index >= 15 is 0 Å². The summed E-state index contributed by atoms with van der Waals surface area (Å²) in [6.07, 6.45) is 2.94. The van der Waals surface area contributed by atoms with E-state index in [0.717, 1.165) is 24.8 Å². The second-order valence-electron chi connectivity index (χ2n) is 6.88. The molecule has 1 atom stereocenters. The summed E-state index contributed by atoms with van der Waals surface area (Å²) in [5, 5.41) is 17.7. The van der Waals surface area contributed by atoms with Crippen LogP contribution in [-0.4, -0.2) is 16.0 Å². The topological polar surface area (TPSA) is 91.8 Å². The number of nitrogens with one attached hydrogen (secondary N) is 1. The summed E-state index contributed by atoms with van der Waals surface area (Å²) in [4.78, 5) is 18.5. The minimum Gasteiger partial charge on any atom is -0.336 e. The molecule has 3 heterocycles. The van der Waals surface area contributed by atoms with Gasteiger partial charge < -0.3 is 9.84 Å². The molecule has 0 aromatic carbocycles. The van der Waals surface area contributed by atoms with E-state index in [2.05, 4.69) is 28.5 Å². The van der Waals surface area contributed by atoms with Crippen molar-refractivity contribution in [2.75, 3.05) is 5.32 Å². The number of fused-ring (bicyclic) bond motifs is 2. The largest absolute Gasteiger partial charge is 0.336 e. The van der Waals surface area contributed by atoms with Crippen LogP contribution in [0.25, 0.3) is 11.1 Å². The maximum Gasteiger partial charge on any atom is 0.258 e. The van der Waals surface area contributed by atoms with Gasteiger partial charge in [-0.1, -0.05) is 12.1 Å². The van der Waals surface area contributed by atoms with Gasteiger partial charge >= 0.3 is 0 Å². The number of hydrogen-bond donors (Lipinski definition) is 1. The molecule has 3 aromatic heterocycles. The Balaban J connectivity index is 1.74. The molecule has 1 N–H and O–H groups in total. The summed E-state index contributed by atoms with van der Waals surface area (Å²) in [6, 6.07) is 4.01. The van der Waals surface area contributed by atoms with Crippen LogP contribution >= 0.6 is 11.3 Å². The van der Waals surface area contributed by atoms with Crippen molar-refractivity contribution in [3.8, 4) is 6.07 Å². The minimum absolute atomic E-state index is 0.269. The molecule has 6 nitrogen and oxygen atoms in total. The third-order valence-electron chi connectivity index (χ3n) is 4.84. The lowest BCUT2D eigenvalue weighted by molar-refractivity contribution is 0.102. The lowest BCUT2D eigenvalue weighted by Gasteiger charge is -2.17. The second-order valence-corrected chi connectivity index (χ2v) is 7.99. The second kappa shape index (κ2) is 6.22. The summed E-state index contributed by atoms with van der Waals surface area (Å²) < 4.78 is 5.20. The number of thiophene rings is 1. The third kappa shape index (κ3) is 2.67. The molecule has 0 radical (unpaired) electrons. The van der Waals surface area contributed by atoms with Crippen molar-refractivity contribution in [3.63, 3.8) is 0 Å². The van der Waals surface area contributed by atoms with Crippen LogP contribution in [0.4, 0.5) is 5.00 Å². The van der Waals surface area contributed by atoms with Gasteiger partial charge in [0, 0.05) is 10.6 Å². The molecule has 0 saturated carbocycles. The zero-order chi connectivity index (χ0) is 18.4. The van der Waals surface area contributed by atoms with E-state index in [1.165, 1.54) is 16.2 Å². The molecule has 0 aliphatic heterocycles. The maximum atomic E-state index is 13.0. The van der Waals surface area contributed by atoms with Crippen molar-refractivity contribution in [3.05, 3.63) is 39.0 Å². The smallest absolute Gasteiger partial charge is 0.258 e. The Kier molecular flexibility index (Phi) is 4.00. The molecule has 0 fully saturated rings. The van der Waals surface area contributed by atoms with Crippen LogP contribution in [-0.2, 0) is 12.8 Å². The van der Waals surface area contributed by atoms with Gasteiger partial charge in [-0.3, -0.25) is 4.79 Å². The molecule has 0 unspecified atom stereocenters. The van der Waals surface area contributed by atoms with E-state index in [1.54, 1.807) is 19.9 Å². The fourth-order valence-electron chi connectivity index (χ4n) is 3.52. The predicted molar refractivity (Wildman–Crippen MR) is 99.5 cm³/mol. The standard InChI is InChI=1S/C19H18N4O2S/c1-9-4-5-12-14(8-20)19(26-15(12)6-9)22-17(24)13-7-10(2)21-18-16(13)11(3)23-25-18/h7,9H,4-6H2,1-3H3,(H,22,24)/t9-/m1/s1. The van der Waals surface area contributed by atoms with E-state index in [-0.39, 0.29) is 5.91 Å². The van der Waals surface area contributed by atoms with E-state index in [9.17, 15) is 10.1 Å². The van der Waals surface area contributed by atoms with Crippen molar-refractivity contribution < 1.29 is 9.32 Å². The van der Waals surface area contributed by atoms with Crippen LogP contribution in [0.3, 0.4) is 0 Å². The molecule has 132 valence electrons. The number of aryl methyl sites for hydroxylation is 2. The van der Waals surface area contributed by atoms with Gasteiger partial charge in [-0.2, -0.15) is 5.26 Å². The first-order chi connectivity index (χ1) is 12.5.